The summed E-state index contributed by atoms with van der Waals surface area (Å²) in [6.07, 6.45) is 8.04. The van der Waals surface area contributed by atoms with Crippen molar-refractivity contribution in [2.75, 3.05) is 32.7 Å². The molecule has 1 fully saturated rings. The van der Waals surface area contributed by atoms with Crippen molar-refractivity contribution < 1.29 is 4.79 Å². The highest BCUT2D eigenvalue weighted by Gasteiger charge is 2.22. The number of hydrogen-bond donors (Lipinski definition) is 0. The van der Waals surface area contributed by atoms with E-state index in [1.165, 1.54) is 12.4 Å². The van der Waals surface area contributed by atoms with Crippen LogP contribution < -0.4 is 0 Å². The molecule has 0 saturated carbocycles. The third-order valence-electron chi connectivity index (χ3n) is 2.81. The van der Waals surface area contributed by atoms with Gasteiger partial charge >= 0.3 is 0 Å². The fraction of sp³-hybridized carbons (Fsp3) is 0.417. The minimum Gasteiger partial charge on any atom is -0.335 e. The summed E-state index contributed by atoms with van der Waals surface area (Å²) < 4.78 is 0. The summed E-state index contributed by atoms with van der Waals surface area (Å²) in [5.74, 6) is 2.49. The van der Waals surface area contributed by atoms with E-state index in [-0.39, 0.29) is 11.1 Å². The van der Waals surface area contributed by atoms with Crippen LogP contribution in [0.1, 0.15) is 10.5 Å². The summed E-state index contributed by atoms with van der Waals surface area (Å²) >= 11 is 5.63. The SMILES string of the molecule is C#CCN1CCN(C(=O)c2cnc(Cl)cn2)CC1. The smallest absolute Gasteiger partial charge is 0.274 e. The molecule has 0 spiro atoms. The van der Waals surface area contributed by atoms with Gasteiger partial charge in [0, 0.05) is 26.2 Å². The zero-order valence-corrected chi connectivity index (χ0v) is 10.6. The first-order valence-corrected chi connectivity index (χ1v) is 6.01. The standard InChI is InChI=1S/C12H13ClN4O/c1-2-3-16-4-6-17(7-5-16)12(18)10-8-15-11(13)9-14-10/h1,8-9H,3-7H2. The van der Waals surface area contributed by atoms with E-state index in [4.69, 9.17) is 18.0 Å². The lowest BCUT2D eigenvalue weighted by Crippen LogP contribution is -2.48. The Bertz CT molecular complexity index is 460. The number of piperazine rings is 1. The van der Waals surface area contributed by atoms with E-state index >= 15 is 0 Å². The van der Waals surface area contributed by atoms with Gasteiger partial charge in [0.05, 0.1) is 18.9 Å². The fourth-order valence-corrected chi connectivity index (χ4v) is 1.92. The maximum Gasteiger partial charge on any atom is 0.274 e. The second-order valence-electron chi connectivity index (χ2n) is 4.00. The summed E-state index contributed by atoms with van der Waals surface area (Å²) in [5, 5.41) is 0.283. The number of amides is 1. The van der Waals surface area contributed by atoms with Crippen molar-refractivity contribution in [3.05, 3.63) is 23.2 Å². The van der Waals surface area contributed by atoms with Gasteiger partial charge in [-0.05, 0) is 0 Å². The number of halogens is 1. The first-order valence-electron chi connectivity index (χ1n) is 5.63. The third kappa shape index (κ3) is 2.97. The number of rotatable bonds is 2. The molecule has 18 heavy (non-hydrogen) atoms. The van der Waals surface area contributed by atoms with Crippen molar-refractivity contribution in [1.29, 1.82) is 0 Å². The van der Waals surface area contributed by atoms with E-state index in [0.717, 1.165) is 13.1 Å². The highest BCUT2D eigenvalue weighted by Crippen LogP contribution is 2.07. The van der Waals surface area contributed by atoms with Gasteiger partial charge in [0.15, 0.2) is 0 Å². The fourth-order valence-electron chi connectivity index (χ4n) is 1.82. The summed E-state index contributed by atoms with van der Waals surface area (Å²) in [4.78, 5) is 23.8. The van der Waals surface area contributed by atoms with Crippen LogP contribution in [-0.2, 0) is 0 Å². The van der Waals surface area contributed by atoms with E-state index < -0.39 is 0 Å². The molecule has 0 aliphatic carbocycles. The Hall–Kier alpha value is -1.64. The molecule has 0 N–H and O–H groups in total. The van der Waals surface area contributed by atoms with Crippen molar-refractivity contribution in [3.8, 4) is 12.3 Å². The molecule has 2 heterocycles. The minimum absolute atomic E-state index is 0.112. The van der Waals surface area contributed by atoms with E-state index in [0.29, 0.717) is 25.3 Å². The van der Waals surface area contributed by atoms with E-state index in [2.05, 4.69) is 20.8 Å². The Kier molecular flexibility index (Phi) is 4.13. The molecule has 0 radical (unpaired) electrons. The zero-order chi connectivity index (χ0) is 13.0. The number of carbonyl (C=O) groups is 1. The van der Waals surface area contributed by atoms with E-state index in [1.807, 2.05) is 0 Å². The lowest BCUT2D eigenvalue weighted by atomic mass is 10.3. The second kappa shape index (κ2) is 5.80. The molecule has 1 aliphatic rings. The third-order valence-corrected chi connectivity index (χ3v) is 3.01. The van der Waals surface area contributed by atoms with Crippen LogP contribution in [0.4, 0.5) is 0 Å². The molecule has 1 amide bonds. The molecule has 1 saturated heterocycles. The van der Waals surface area contributed by atoms with Crippen molar-refractivity contribution in [1.82, 2.24) is 19.8 Å². The Balaban J connectivity index is 1.95. The van der Waals surface area contributed by atoms with E-state index in [9.17, 15) is 4.79 Å². The Morgan fingerprint density at radius 2 is 2.06 bits per heavy atom. The number of aromatic nitrogens is 2. The quantitative estimate of drug-likeness (QED) is 0.731. The van der Waals surface area contributed by atoms with Gasteiger partial charge in [0.1, 0.15) is 10.8 Å². The van der Waals surface area contributed by atoms with Crippen LogP contribution in [0.5, 0.6) is 0 Å². The van der Waals surface area contributed by atoms with Gasteiger partial charge in [-0.15, -0.1) is 6.42 Å². The molecule has 6 heteroatoms. The first kappa shape index (κ1) is 12.8. The summed E-state index contributed by atoms with van der Waals surface area (Å²) in [6.45, 7) is 3.52. The minimum atomic E-state index is -0.112. The molecule has 1 aliphatic heterocycles. The van der Waals surface area contributed by atoms with Crippen LogP contribution in [0.25, 0.3) is 0 Å². The molecule has 94 valence electrons. The first-order chi connectivity index (χ1) is 8.70. The molecule has 2 rings (SSSR count). The largest absolute Gasteiger partial charge is 0.335 e. The summed E-state index contributed by atoms with van der Waals surface area (Å²) in [6, 6.07) is 0. The number of carbonyl (C=O) groups excluding carboxylic acids is 1. The van der Waals surface area contributed by atoms with Crippen LogP contribution in [-0.4, -0.2) is 58.4 Å². The predicted octanol–water partition coefficient (Wildman–Crippen LogP) is 0.521. The maximum absolute atomic E-state index is 12.1. The maximum atomic E-state index is 12.1. The normalized spacial score (nSPS) is 16.3. The number of terminal acetylenes is 1. The van der Waals surface area contributed by atoms with Crippen molar-refractivity contribution in [2.45, 2.75) is 0 Å². The molecular formula is C12H13ClN4O. The van der Waals surface area contributed by atoms with Crippen LogP contribution in [0.3, 0.4) is 0 Å². The molecule has 5 nitrogen and oxygen atoms in total. The van der Waals surface area contributed by atoms with Gasteiger partial charge in [0.2, 0.25) is 0 Å². The predicted molar refractivity (Wildman–Crippen MR) is 68.2 cm³/mol. The lowest BCUT2D eigenvalue weighted by molar-refractivity contribution is 0.0646. The summed E-state index contributed by atoms with van der Waals surface area (Å²) in [7, 11) is 0. The summed E-state index contributed by atoms with van der Waals surface area (Å²) in [5.41, 5.74) is 0.324. The van der Waals surface area contributed by atoms with Crippen molar-refractivity contribution in [2.24, 2.45) is 0 Å². The zero-order valence-electron chi connectivity index (χ0n) is 9.84. The van der Waals surface area contributed by atoms with E-state index in [1.54, 1.807) is 4.90 Å². The van der Waals surface area contributed by atoms with Gasteiger partial charge in [-0.3, -0.25) is 9.69 Å². The van der Waals surface area contributed by atoms with Gasteiger partial charge in [0.25, 0.3) is 5.91 Å². The van der Waals surface area contributed by atoms with Gasteiger partial charge < -0.3 is 4.90 Å². The number of nitrogens with zero attached hydrogens (tertiary/aromatic N) is 4. The second-order valence-corrected chi connectivity index (χ2v) is 4.38. The lowest BCUT2D eigenvalue weighted by Gasteiger charge is -2.33. The molecule has 0 aromatic carbocycles. The molecule has 0 unspecified atom stereocenters. The number of hydrogen-bond acceptors (Lipinski definition) is 4. The highest BCUT2D eigenvalue weighted by molar-refractivity contribution is 6.29. The van der Waals surface area contributed by atoms with Gasteiger partial charge in [-0.25, -0.2) is 9.97 Å². The monoisotopic (exact) mass is 264 g/mol. The molecular weight excluding hydrogens is 252 g/mol. The van der Waals surface area contributed by atoms with Crippen molar-refractivity contribution in [3.63, 3.8) is 0 Å². The Morgan fingerprint density at radius 3 is 2.61 bits per heavy atom. The van der Waals surface area contributed by atoms with Crippen LogP contribution in [0.2, 0.25) is 5.15 Å². The average molecular weight is 265 g/mol. The molecule has 1 aromatic heterocycles. The molecule has 0 atom stereocenters. The van der Waals surface area contributed by atoms with Crippen LogP contribution in [0, 0.1) is 12.3 Å². The molecule has 1 aromatic rings. The topological polar surface area (TPSA) is 49.3 Å². The van der Waals surface area contributed by atoms with Crippen LogP contribution in [0.15, 0.2) is 12.4 Å². The van der Waals surface area contributed by atoms with Crippen LogP contribution >= 0.6 is 11.6 Å². The molecule has 0 bridgehead atoms. The Labute approximate surface area is 111 Å². The average Bonchev–Trinajstić information content (AvgIpc) is 2.40. The van der Waals surface area contributed by atoms with Gasteiger partial charge in [-0.1, -0.05) is 17.5 Å². The highest BCUT2D eigenvalue weighted by atomic mass is 35.5. The Morgan fingerprint density at radius 1 is 1.33 bits per heavy atom. The van der Waals surface area contributed by atoms with Gasteiger partial charge in [-0.2, -0.15) is 0 Å². The van der Waals surface area contributed by atoms with Crippen molar-refractivity contribution >= 4 is 17.5 Å².